The maximum atomic E-state index is 11.9. The molecule has 0 spiro atoms. The van der Waals surface area contributed by atoms with E-state index in [1.165, 1.54) is 5.57 Å². The Morgan fingerprint density at radius 2 is 2.31 bits per heavy atom. The summed E-state index contributed by atoms with van der Waals surface area (Å²) in [6.45, 7) is 10.0. The summed E-state index contributed by atoms with van der Waals surface area (Å²) < 4.78 is 0. The monoisotopic (exact) mass is 178 g/mol. The maximum absolute atomic E-state index is 11.9. The Labute approximate surface area is 80.5 Å². The van der Waals surface area contributed by atoms with Crippen LogP contribution >= 0.6 is 0 Å². The third kappa shape index (κ3) is 1.60. The average molecular weight is 178 g/mol. The lowest BCUT2D eigenvalue weighted by Gasteiger charge is -2.34. The Morgan fingerprint density at radius 3 is 2.69 bits per heavy atom. The van der Waals surface area contributed by atoms with Gasteiger partial charge in [0.05, 0.1) is 5.41 Å². The molecule has 1 nitrogen and oxygen atoms in total. The summed E-state index contributed by atoms with van der Waals surface area (Å²) in [6, 6.07) is 0. The van der Waals surface area contributed by atoms with Crippen LogP contribution in [0.1, 0.15) is 40.0 Å². The normalized spacial score (nSPS) is 28.5. The van der Waals surface area contributed by atoms with E-state index >= 15 is 0 Å². The second-order valence-corrected chi connectivity index (χ2v) is 4.07. The fourth-order valence-corrected chi connectivity index (χ4v) is 2.04. The van der Waals surface area contributed by atoms with Crippen molar-refractivity contribution >= 4 is 5.78 Å². The van der Waals surface area contributed by atoms with E-state index in [9.17, 15) is 4.79 Å². The van der Waals surface area contributed by atoms with Crippen LogP contribution in [0.4, 0.5) is 0 Å². The van der Waals surface area contributed by atoms with Gasteiger partial charge in [-0.1, -0.05) is 24.6 Å². The lowest BCUT2D eigenvalue weighted by molar-refractivity contribution is -0.123. The van der Waals surface area contributed by atoms with Crippen molar-refractivity contribution in [2.75, 3.05) is 0 Å². The van der Waals surface area contributed by atoms with Gasteiger partial charge in [-0.15, -0.1) is 0 Å². The molecule has 1 unspecified atom stereocenters. The number of rotatable bonds is 2. The van der Waals surface area contributed by atoms with Crippen molar-refractivity contribution in [2.24, 2.45) is 5.41 Å². The van der Waals surface area contributed by atoms with Crippen molar-refractivity contribution < 1.29 is 4.79 Å². The Balaban J connectivity index is 3.04. The second kappa shape index (κ2) is 3.49. The van der Waals surface area contributed by atoms with Gasteiger partial charge in [-0.05, 0) is 39.2 Å². The number of ketones is 1. The average Bonchev–Trinajstić information content (AvgIpc) is 2.04. The topological polar surface area (TPSA) is 17.1 Å². The summed E-state index contributed by atoms with van der Waals surface area (Å²) >= 11 is 0. The van der Waals surface area contributed by atoms with Gasteiger partial charge in [0.1, 0.15) is 0 Å². The predicted octanol–water partition coefficient (Wildman–Crippen LogP) is 3.27. The lowest BCUT2D eigenvalue weighted by atomic mass is 9.68. The fraction of sp³-hybridized carbons (Fsp3) is 0.583. The summed E-state index contributed by atoms with van der Waals surface area (Å²) in [5, 5.41) is 0. The van der Waals surface area contributed by atoms with Gasteiger partial charge >= 0.3 is 0 Å². The quantitative estimate of drug-likeness (QED) is 0.593. The fourth-order valence-electron chi connectivity index (χ4n) is 2.04. The molecule has 0 heterocycles. The largest absolute Gasteiger partial charge is 0.294 e. The van der Waals surface area contributed by atoms with Crippen LogP contribution in [0.2, 0.25) is 0 Å². The Kier molecular flexibility index (Phi) is 2.74. The minimum absolute atomic E-state index is 0.250. The van der Waals surface area contributed by atoms with Crippen LogP contribution in [0.3, 0.4) is 0 Å². The first-order valence-corrected chi connectivity index (χ1v) is 4.90. The van der Waals surface area contributed by atoms with Crippen LogP contribution in [-0.2, 0) is 4.79 Å². The van der Waals surface area contributed by atoms with Gasteiger partial charge in [0.15, 0.2) is 5.78 Å². The van der Waals surface area contributed by atoms with Gasteiger partial charge in [-0.3, -0.25) is 4.79 Å². The Bertz CT molecular complexity index is 273. The molecule has 72 valence electrons. The zero-order chi connectivity index (χ0) is 10.1. The molecule has 0 aromatic rings. The Morgan fingerprint density at radius 1 is 1.69 bits per heavy atom. The molecule has 0 radical (unpaired) electrons. The van der Waals surface area contributed by atoms with Crippen molar-refractivity contribution in [1.82, 2.24) is 0 Å². The summed E-state index contributed by atoms with van der Waals surface area (Å²) in [7, 11) is 0. The summed E-state index contributed by atoms with van der Waals surface area (Å²) in [4.78, 5) is 11.9. The minimum Gasteiger partial charge on any atom is -0.294 e. The molecule has 0 aromatic heterocycles. The van der Waals surface area contributed by atoms with Crippen molar-refractivity contribution in [1.29, 1.82) is 0 Å². The van der Waals surface area contributed by atoms with E-state index in [0.717, 1.165) is 24.8 Å². The van der Waals surface area contributed by atoms with E-state index in [-0.39, 0.29) is 11.2 Å². The highest BCUT2D eigenvalue weighted by atomic mass is 16.1. The highest BCUT2D eigenvalue weighted by molar-refractivity contribution is 5.98. The molecule has 13 heavy (non-hydrogen) atoms. The highest BCUT2D eigenvalue weighted by Crippen LogP contribution is 2.40. The molecule has 1 atom stereocenters. The molecule has 0 bridgehead atoms. The number of hydrogen-bond acceptors (Lipinski definition) is 1. The van der Waals surface area contributed by atoms with Gasteiger partial charge in [0.2, 0.25) is 0 Å². The Hall–Kier alpha value is -0.850. The van der Waals surface area contributed by atoms with E-state index in [0.29, 0.717) is 0 Å². The second-order valence-electron chi connectivity index (χ2n) is 4.07. The first-order chi connectivity index (χ1) is 6.03. The van der Waals surface area contributed by atoms with Crippen molar-refractivity contribution in [3.05, 3.63) is 23.8 Å². The lowest BCUT2D eigenvalue weighted by Crippen LogP contribution is -2.33. The van der Waals surface area contributed by atoms with Crippen molar-refractivity contribution in [3.63, 3.8) is 0 Å². The zero-order valence-corrected chi connectivity index (χ0v) is 8.81. The predicted molar refractivity (Wildman–Crippen MR) is 55.5 cm³/mol. The van der Waals surface area contributed by atoms with Crippen LogP contribution in [0.25, 0.3) is 0 Å². The number of allylic oxidation sites excluding steroid dienone is 3. The van der Waals surface area contributed by atoms with E-state index in [1.807, 2.05) is 13.8 Å². The van der Waals surface area contributed by atoms with Crippen LogP contribution in [0, 0.1) is 5.41 Å². The van der Waals surface area contributed by atoms with Crippen molar-refractivity contribution in [3.8, 4) is 0 Å². The molecule has 1 heteroatoms. The number of carbonyl (C=O) groups excluding carboxylic acids is 1. The van der Waals surface area contributed by atoms with Crippen LogP contribution < -0.4 is 0 Å². The van der Waals surface area contributed by atoms with Gasteiger partial charge in [-0.25, -0.2) is 0 Å². The van der Waals surface area contributed by atoms with E-state index < -0.39 is 0 Å². The van der Waals surface area contributed by atoms with E-state index in [1.54, 1.807) is 6.08 Å². The maximum Gasteiger partial charge on any atom is 0.165 e. The van der Waals surface area contributed by atoms with Crippen molar-refractivity contribution in [2.45, 2.75) is 40.0 Å². The SMILES string of the molecule is C=C(C)C1(CC)CCC(C)=CC1=O. The van der Waals surface area contributed by atoms with Crippen LogP contribution in [-0.4, -0.2) is 5.78 Å². The minimum atomic E-state index is -0.250. The first-order valence-electron chi connectivity index (χ1n) is 4.90. The number of hydrogen-bond donors (Lipinski definition) is 0. The zero-order valence-electron chi connectivity index (χ0n) is 8.81. The van der Waals surface area contributed by atoms with Crippen LogP contribution in [0.15, 0.2) is 23.8 Å². The van der Waals surface area contributed by atoms with Gasteiger partial charge in [-0.2, -0.15) is 0 Å². The molecular formula is C12H18O. The van der Waals surface area contributed by atoms with Gasteiger partial charge in [0, 0.05) is 0 Å². The molecule has 0 saturated heterocycles. The molecule has 0 N–H and O–H groups in total. The molecule has 0 saturated carbocycles. The van der Waals surface area contributed by atoms with Gasteiger partial charge < -0.3 is 0 Å². The molecule has 1 aliphatic rings. The molecular weight excluding hydrogens is 160 g/mol. The smallest absolute Gasteiger partial charge is 0.165 e. The van der Waals surface area contributed by atoms with Crippen LogP contribution in [0.5, 0.6) is 0 Å². The molecule has 0 aromatic carbocycles. The highest BCUT2D eigenvalue weighted by Gasteiger charge is 2.37. The summed E-state index contributed by atoms with van der Waals surface area (Å²) in [5.41, 5.74) is 1.97. The third-order valence-electron chi connectivity index (χ3n) is 3.22. The molecule has 1 rings (SSSR count). The molecule has 0 fully saturated rings. The van der Waals surface area contributed by atoms with E-state index in [2.05, 4.69) is 13.5 Å². The first kappa shape index (κ1) is 10.2. The van der Waals surface area contributed by atoms with E-state index in [4.69, 9.17) is 0 Å². The molecule has 1 aliphatic carbocycles. The number of carbonyl (C=O) groups is 1. The van der Waals surface area contributed by atoms with Gasteiger partial charge in [0.25, 0.3) is 0 Å². The summed E-state index contributed by atoms with van der Waals surface area (Å²) in [5.74, 6) is 0.256. The third-order valence-corrected chi connectivity index (χ3v) is 3.22. The summed E-state index contributed by atoms with van der Waals surface area (Å²) in [6.07, 6.45) is 4.65. The molecule has 0 amide bonds. The standard InChI is InChI=1S/C12H18O/c1-5-12(9(2)3)7-6-10(4)8-11(12)13/h8H,2,5-7H2,1,3-4H3. The molecule has 0 aliphatic heterocycles.